The van der Waals surface area contributed by atoms with Gasteiger partial charge in [0.1, 0.15) is 0 Å². The molecule has 2 heterocycles. The van der Waals surface area contributed by atoms with Crippen molar-refractivity contribution in [2.24, 2.45) is 7.05 Å². The first-order chi connectivity index (χ1) is 9.19. The van der Waals surface area contributed by atoms with Crippen LogP contribution in [-0.4, -0.2) is 31.7 Å². The van der Waals surface area contributed by atoms with Crippen molar-refractivity contribution in [3.8, 4) is 0 Å². The van der Waals surface area contributed by atoms with Crippen molar-refractivity contribution in [1.29, 1.82) is 0 Å². The van der Waals surface area contributed by atoms with Gasteiger partial charge >= 0.3 is 0 Å². The molecule has 0 radical (unpaired) electrons. The number of halogens is 1. The van der Waals surface area contributed by atoms with E-state index < -0.39 is 0 Å². The molecule has 0 aliphatic rings. The molecule has 0 aliphatic carbocycles. The van der Waals surface area contributed by atoms with E-state index in [0.717, 1.165) is 29.0 Å². The van der Waals surface area contributed by atoms with E-state index in [2.05, 4.69) is 48.6 Å². The summed E-state index contributed by atoms with van der Waals surface area (Å²) in [6.07, 6.45) is 3.56. The van der Waals surface area contributed by atoms with Crippen molar-refractivity contribution in [3.05, 3.63) is 34.3 Å². The Hall–Kier alpha value is -1.34. The highest BCUT2D eigenvalue weighted by Crippen LogP contribution is 2.16. The van der Waals surface area contributed by atoms with Gasteiger partial charge in [0.05, 0.1) is 18.8 Å². The molecule has 2 rings (SSSR count). The molecule has 1 atom stereocenters. The fourth-order valence-corrected chi connectivity index (χ4v) is 2.02. The summed E-state index contributed by atoms with van der Waals surface area (Å²) in [7, 11) is 1.77. The minimum Gasteiger partial charge on any atom is -0.308 e. The molecule has 0 aliphatic heterocycles. The number of aryl methyl sites for hydroxylation is 1. The summed E-state index contributed by atoms with van der Waals surface area (Å²) in [4.78, 5) is 5.92. The molecule has 0 spiro atoms. The Balaban J connectivity index is 2.13. The van der Waals surface area contributed by atoms with Gasteiger partial charge in [0.2, 0.25) is 0 Å². The predicted octanol–water partition coefficient (Wildman–Crippen LogP) is 1.65. The lowest BCUT2D eigenvalue weighted by Gasteiger charge is -2.16. The fourth-order valence-electron chi connectivity index (χ4n) is 1.78. The fraction of sp³-hybridized carbons (Fsp3) is 0.500. The Kier molecular flexibility index (Phi) is 4.98. The molecule has 7 heteroatoms. The highest BCUT2D eigenvalue weighted by Gasteiger charge is 2.15. The highest BCUT2D eigenvalue weighted by atomic mass is 79.9. The van der Waals surface area contributed by atoms with Gasteiger partial charge < -0.3 is 5.32 Å². The van der Waals surface area contributed by atoms with E-state index in [-0.39, 0.29) is 6.04 Å². The van der Waals surface area contributed by atoms with Crippen LogP contribution in [0.15, 0.2) is 22.8 Å². The lowest BCUT2D eigenvalue weighted by molar-refractivity contribution is 0.506. The van der Waals surface area contributed by atoms with E-state index in [1.165, 1.54) is 4.80 Å². The molecular formula is C12H17BrN6. The van der Waals surface area contributed by atoms with E-state index in [9.17, 15) is 0 Å². The van der Waals surface area contributed by atoms with Crippen molar-refractivity contribution in [1.82, 2.24) is 30.5 Å². The lowest BCUT2D eigenvalue weighted by atomic mass is 10.1. The van der Waals surface area contributed by atoms with E-state index in [4.69, 9.17) is 0 Å². The monoisotopic (exact) mass is 324 g/mol. The summed E-state index contributed by atoms with van der Waals surface area (Å²) >= 11 is 3.40. The summed E-state index contributed by atoms with van der Waals surface area (Å²) in [5.41, 5.74) is 0.990. The Morgan fingerprint density at radius 1 is 1.42 bits per heavy atom. The van der Waals surface area contributed by atoms with E-state index in [0.29, 0.717) is 6.42 Å². The van der Waals surface area contributed by atoms with Gasteiger partial charge in [-0.25, -0.2) is 0 Å². The van der Waals surface area contributed by atoms with E-state index >= 15 is 0 Å². The van der Waals surface area contributed by atoms with Crippen LogP contribution in [0.4, 0.5) is 0 Å². The Morgan fingerprint density at radius 3 is 2.84 bits per heavy atom. The zero-order valence-electron chi connectivity index (χ0n) is 11.0. The number of nitrogens with one attached hydrogen (secondary N) is 1. The minimum absolute atomic E-state index is 0.109. The number of pyridine rings is 1. The Morgan fingerprint density at radius 2 is 2.26 bits per heavy atom. The molecule has 0 fully saturated rings. The highest BCUT2D eigenvalue weighted by molar-refractivity contribution is 9.10. The molecule has 19 heavy (non-hydrogen) atoms. The number of rotatable bonds is 6. The van der Waals surface area contributed by atoms with Gasteiger partial charge in [0.15, 0.2) is 5.82 Å². The summed E-state index contributed by atoms with van der Waals surface area (Å²) < 4.78 is 0.975. The maximum atomic E-state index is 4.44. The molecule has 0 amide bonds. The largest absolute Gasteiger partial charge is 0.308 e. The number of tetrazole rings is 1. The van der Waals surface area contributed by atoms with Crippen LogP contribution in [0.3, 0.4) is 0 Å². The summed E-state index contributed by atoms with van der Waals surface area (Å²) in [6.45, 7) is 3.07. The van der Waals surface area contributed by atoms with Crippen LogP contribution in [0.1, 0.15) is 30.9 Å². The van der Waals surface area contributed by atoms with Gasteiger partial charge in [-0.15, -0.1) is 10.2 Å². The minimum atomic E-state index is 0.109. The standard InChI is InChI=1S/C12H17BrN6/c1-3-6-14-11(7-12-16-18-19(2)17-12)10-5-4-9(13)8-15-10/h4-5,8,11,14H,3,6-7H2,1-2H3. The zero-order chi connectivity index (χ0) is 13.7. The average molecular weight is 325 g/mol. The Labute approximate surface area is 120 Å². The normalized spacial score (nSPS) is 12.6. The SMILES string of the molecule is CCCNC(Cc1nnn(C)n1)c1ccc(Br)cn1. The van der Waals surface area contributed by atoms with Gasteiger partial charge in [-0.2, -0.15) is 4.80 Å². The second kappa shape index (κ2) is 6.72. The number of hydrogen-bond donors (Lipinski definition) is 1. The number of aromatic nitrogens is 5. The van der Waals surface area contributed by atoms with Crippen LogP contribution in [0, 0.1) is 0 Å². The number of hydrogen-bond acceptors (Lipinski definition) is 5. The second-order valence-electron chi connectivity index (χ2n) is 4.31. The topological polar surface area (TPSA) is 68.5 Å². The van der Waals surface area contributed by atoms with Crippen molar-refractivity contribution in [2.45, 2.75) is 25.8 Å². The second-order valence-corrected chi connectivity index (χ2v) is 5.22. The van der Waals surface area contributed by atoms with Crippen LogP contribution >= 0.6 is 15.9 Å². The Bertz CT molecular complexity index is 509. The molecule has 2 aromatic rings. The molecule has 1 unspecified atom stereocenters. The van der Waals surface area contributed by atoms with Gasteiger partial charge in [0.25, 0.3) is 0 Å². The van der Waals surface area contributed by atoms with Gasteiger partial charge in [-0.1, -0.05) is 6.92 Å². The quantitative estimate of drug-likeness (QED) is 0.875. The molecule has 0 bridgehead atoms. The molecule has 1 N–H and O–H groups in total. The first-order valence-corrected chi connectivity index (χ1v) is 7.06. The smallest absolute Gasteiger partial charge is 0.176 e. The third kappa shape index (κ3) is 4.07. The maximum absolute atomic E-state index is 4.44. The van der Waals surface area contributed by atoms with Crippen LogP contribution < -0.4 is 5.32 Å². The third-order valence-corrected chi connectivity index (χ3v) is 3.15. The maximum Gasteiger partial charge on any atom is 0.176 e. The van der Waals surface area contributed by atoms with Crippen molar-refractivity contribution >= 4 is 15.9 Å². The van der Waals surface area contributed by atoms with Gasteiger partial charge in [-0.05, 0) is 46.2 Å². The van der Waals surface area contributed by atoms with Crippen molar-refractivity contribution in [3.63, 3.8) is 0 Å². The van der Waals surface area contributed by atoms with Crippen LogP contribution in [0.25, 0.3) is 0 Å². The molecule has 102 valence electrons. The van der Waals surface area contributed by atoms with E-state index in [1.807, 2.05) is 12.1 Å². The van der Waals surface area contributed by atoms with Crippen molar-refractivity contribution < 1.29 is 0 Å². The zero-order valence-corrected chi connectivity index (χ0v) is 12.6. The van der Waals surface area contributed by atoms with Gasteiger partial charge in [0, 0.05) is 17.1 Å². The summed E-state index contributed by atoms with van der Waals surface area (Å²) in [5, 5.41) is 15.6. The molecule has 0 aromatic carbocycles. The number of nitrogens with zero attached hydrogens (tertiary/aromatic N) is 5. The van der Waals surface area contributed by atoms with Crippen molar-refractivity contribution in [2.75, 3.05) is 6.54 Å². The van der Waals surface area contributed by atoms with Gasteiger partial charge in [-0.3, -0.25) is 4.98 Å². The molecule has 0 saturated heterocycles. The first-order valence-electron chi connectivity index (χ1n) is 6.26. The average Bonchev–Trinajstić information content (AvgIpc) is 2.81. The summed E-state index contributed by atoms with van der Waals surface area (Å²) in [5.74, 6) is 0.723. The first kappa shape index (κ1) is 14.1. The van der Waals surface area contributed by atoms with Crippen LogP contribution in [-0.2, 0) is 13.5 Å². The lowest BCUT2D eigenvalue weighted by Crippen LogP contribution is -2.25. The van der Waals surface area contributed by atoms with Crippen LogP contribution in [0.5, 0.6) is 0 Å². The van der Waals surface area contributed by atoms with E-state index in [1.54, 1.807) is 13.2 Å². The molecular weight excluding hydrogens is 308 g/mol. The molecule has 2 aromatic heterocycles. The molecule has 0 saturated carbocycles. The predicted molar refractivity (Wildman–Crippen MR) is 75.5 cm³/mol. The van der Waals surface area contributed by atoms with Crippen LogP contribution in [0.2, 0.25) is 0 Å². The summed E-state index contributed by atoms with van der Waals surface area (Å²) in [6, 6.07) is 4.11. The molecule has 6 nitrogen and oxygen atoms in total. The third-order valence-electron chi connectivity index (χ3n) is 2.68.